The van der Waals surface area contributed by atoms with Gasteiger partial charge in [0.25, 0.3) is 0 Å². The van der Waals surface area contributed by atoms with E-state index in [-0.39, 0.29) is 24.3 Å². The van der Waals surface area contributed by atoms with Gasteiger partial charge in [-0.1, -0.05) is 12.1 Å². The summed E-state index contributed by atoms with van der Waals surface area (Å²) in [5.74, 6) is 1.07. The van der Waals surface area contributed by atoms with Gasteiger partial charge in [0.15, 0.2) is 11.5 Å². The fourth-order valence-corrected chi connectivity index (χ4v) is 3.41. The van der Waals surface area contributed by atoms with Crippen LogP contribution in [0.15, 0.2) is 35.7 Å². The maximum Gasteiger partial charge on any atom is 0.225 e. The van der Waals surface area contributed by atoms with Crippen LogP contribution in [-0.4, -0.2) is 38.0 Å². The lowest BCUT2D eigenvalue weighted by atomic mass is 10.1. The first kappa shape index (κ1) is 19.8. The molecule has 0 aliphatic heterocycles. The highest BCUT2D eigenvalue weighted by Crippen LogP contribution is 2.28. The molecule has 0 aliphatic rings. The molecule has 2 aromatic rings. The van der Waals surface area contributed by atoms with Crippen LogP contribution in [-0.2, 0) is 16.1 Å². The number of hydrogen-bond acceptors (Lipinski definition) is 5. The molecular weight excluding hydrogens is 352 g/mol. The molecule has 0 unspecified atom stereocenters. The first-order chi connectivity index (χ1) is 12.4. The lowest BCUT2D eigenvalue weighted by molar-refractivity contribution is -0.131. The van der Waals surface area contributed by atoms with Gasteiger partial charge in [-0.3, -0.25) is 9.59 Å². The van der Waals surface area contributed by atoms with Crippen LogP contribution >= 0.6 is 11.3 Å². The summed E-state index contributed by atoms with van der Waals surface area (Å²) in [6.07, 6.45) is 0.212. The lowest BCUT2D eigenvalue weighted by Crippen LogP contribution is -2.33. The molecule has 0 bridgehead atoms. The van der Waals surface area contributed by atoms with Crippen molar-refractivity contribution in [3.63, 3.8) is 0 Å². The van der Waals surface area contributed by atoms with Crippen molar-refractivity contribution in [2.24, 2.45) is 0 Å². The summed E-state index contributed by atoms with van der Waals surface area (Å²) in [6, 6.07) is 9.09. The fraction of sp³-hybridized carbons (Fsp3) is 0.368. The van der Waals surface area contributed by atoms with Crippen molar-refractivity contribution in [2.45, 2.75) is 25.9 Å². The number of benzene rings is 1. The zero-order chi connectivity index (χ0) is 19.1. The van der Waals surface area contributed by atoms with Crippen LogP contribution in [0.4, 0.5) is 0 Å². The van der Waals surface area contributed by atoms with Crippen LogP contribution in [0.3, 0.4) is 0 Å². The molecular formula is C19H24N2O4S. The molecule has 6 nitrogen and oxygen atoms in total. The first-order valence-corrected chi connectivity index (χ1v) is 9.08. The Kier molecular flexibility index (Phi) is 7.03. The Morgan fingerprint density at radius 3 is 2.50 bits per heavy atom. The normalized spacial score (nSPS) is 11.5. The Labute approximate surface area is 157 Å². The minimum absolute atomic E-state index is 0.0491. The number of hydrogen-bond donors (Lipinski definition) is 1. The van der Waals surface area contributed by atoms with Gasteiger partial charge in [0.05, 0.1) is 26.7 Å². The number of nitrogens with one attached hydrogen (secondary N) is 1. The standard InChI is InChI=1S/C19H24N2O4S/c1-13(22)20-15(18-6-5-9-26-18)11-19(23)21(2)12-14-7-8-16(24-3)17(10-14)25-4/h5-10,15H,11-12H2,1-4H3,(H,20,22)/t15-/m1/s1. The Hall–Kier alpha value is -2.54. The highest BCUT2D eigenvalue weighted by atomic mass is 32.1. The monoisotopic (exact) mass is 376 g/mol. The largest absolute Gasteiger partial charge is 0.493 e. The second kappa shape index (κ2) is 9.24. The molecule has 140 valence electrons. The summed E-state index contributed by atoms with van der Waals surface area (Å²) in [7, 11) is 4.91. The summed E-state index contributed by atoms with van der Waals surface area (Å²) < 4.78 is 10.5. The summed E-state index contributed by atoms with van der Waals surface area (Å²) in [4.78, 5) is 26.7. The molecule has 7 heteroatoms. The van der Waals surface area contributed by atoms with Crippen LogP contribution in [0.1, 0.15) is 29.8 Å². The number of ether oxygens (including phenoxy) is 2. The minimum atomic E-state index is -0.312. The first-order valence-electron chi connectivity index (χ1n) is 8.20. The van der Waals surface area contributed by atoms with E-state index in [0.717, 1.165) is 10.4 Å². The summed E-state index contributed by atoms with van der Waals surface area (Å²) in [6.45, 7) is 1.90. The van der Waals surface area contributed by atoms with E-state index in [4.69, 9.17) is 9.47 Å². The molecule has 0 fully saturated rings. The van der Waals surface area contributed by atoms with Gasteiger partial charge < -0.3 is 19.7 Å². The molecule has 2 rings (SSSR count). The van der Waals surface area contributed by atoms with Gasteiger partial charge in [-0.2, -0.15) is 0 Å². The van der Waals surface area contributed by atoms with Crippen molar-refractivity contribution in [3.8, 4) is 11.5 Å². The predicted molar refractivity (Wildman–Crippen MR) is 102 cm³/mol. The number of carbonyl (C=O) groups excluding carboxylic acids is 2. The second-order valence-corrected chi connectivity index (χ2v) is 6.89. The third kappa shape index (κ3) is 5.23. The maximum absolute atomic E-state index is 12.6. The van der Waals surface area contributed by atoms with Gasteiger partial charge in [0.1, 0.15) is 0 Å². The number of carbonyl (C=O) groups is 2. The second-order valence-electron chi connectivity index (χ2n) is 5.91. The lowest BCUT2D eigenvalue weighted by Gasteiger charge is -2.22. The average molecular weight is 376 g/mol. The third-order valence-corrected chi connectivity index (χ3v) is 4.92. The Balaban J connectivity index is 2.05. The summed E-state index contributed by atoms with van der Waals surface area (Å²) >= 11 is 1.52. The molecule has 1 N–H and O–H groups in total. The highest BCUT2D eigenvalue weighted by molar-refractivity contribution is 7.10. The van der Waals surface area contributed by atoms with Gasteiger partial charge in [0.2, 0.25) is 11.8 Å². The highest BCUT2D eigenvalue weighted by Gasteiger charge is 2.20. The fourth-order valence-electron chi connectivity index (χ4n) is 2.63. The molecule has 1 heterocycles. The zero-order valence-electron chi connectivity index (χ0n) is 15.4. The molecule has 2 amide bonds. The predicted octanol–water partition coefficient (Wildman–Crippen LogP) is 2.99. The number of rotatable bonds is 8. The molecule has 0 spiro atoms. The minimum Gasteiger partial charge on any atom is -0.493 e. The van der Waals surface area contributed by atoms with Crippen LogP contribution in [0.5, 0.6) is 11.5 Å². The Morgan fingerprint density at radius 2 is 1.92 bits per heavy atom. The maximum atomic E-state index is 12.6. The Bertz CT molecular complexity index is 746. The molecule has 0 aliphatic carbocycles. The van der Waals surface area contributed by atoms with Crippen molar-refractivity contribution in [2.75, 3.05) is 21.3 Å². The van der Waals surface area contributed by atoms with Crippen LogP contribution in [0, 0.1) is 0 Å². The molecule has 1 aromatic heterocycles. The SMILES string of the molecule is COc1ccc(CN(C)C(=O)C[C@@H](NC(C)=O)c2cccs2)cc1OC. The van der Waals surface area contributed by atoms with Crippen molar-refractivity contribution in [1.82, 2.24) is 10.2 Å². The van der Waals surface area contributed by atoms with Crippen LogP contribution in [0.2, 0.25) is 0 Å². The van der Waals surface area contributed by atoms with E-state index in [9.17, 15) is 9.59 Å². The van der Waals surface area contributed by atoms with Crippen molar-refractivity contribution >= 4 is 23.2 Å². The average Bonchev–Trinajstić information content (AvgIpc) is 3.15. The van der Waals surface area contributed by atoms with Gasteiger partial charge in [-0.05, 0) is 29.1 Å². The topological polar surface area (TPSA) is 67.9 Å². The number of nitrogens with zero attached hydrogens (tertiary/aromatic N) is 1. The van der Waals surface area contributed by atoms with E-state index in [1.807, 2.05) is 35.7 Å². The van der Waals surface area contributed by atoms with Gasteiger partial charge in [-0.25, -0.2) is 0 Å². The van der Waals surface area contributed by atoms with Gasteiger partial charge in [0, 0.05) is 25.4 Å². The molecule has 0 saturated heterocycles. The van der Waals surface area contributed by atoms with Crippen molar-refractivity contribution < 1.29 is 19.1 Å². The zero-order valence-corrected chi connectivity index (χ0v) is 16.3. The molecule has 26 heavy (non-hydrogen) atoms. The quantitative estimate of drug-likeness (QED) is 0.769. The number of amides is 2. The molecule has 0 radical (unpaired) electrons. The van der Waals surface area contributed by atoms with Crippen molar-refractivity contribution in [1.29, 1.82) is 0 Å². The summed E-state index contributed by atoms with van der Waals surface area (Å²) in [5.41, 5.74) is 0.936. The molecule has 1 aromatic carbocycles. The van der Waals surface area contributed by atoms with E-state index in [1.165, 1.54) is 18.3 Å². The van der Waals surface area contributed by atoms with E-state index in [2.05, 4.69) is 5.32 Å². The number of methoxy groups -OCH3 is 2. The van der Waals surface area contributed by atoms with Crippen LogP contribution < -0.4 is 14.8 Å². The van der Waals surface area contributed by atoms with E-state index in [0.29, 0.717) is 18.0 Å². The molecule has 1 atom stereocenters. The molecule has 0 saturated carbocycles. The van der Waals surface area contributed by atoms with Gasteiger partial charge in [-0.15, -0.1) is 11.3 Å². The summed E-state index contributed by atoms with van der Waals surface area (Å²) in [5, 5.41) is 4.79. The van der Waals surface area contributed by atoms with Crippen molar-refractivity contribution in [3.05, 3.63) is 46.2 Å². The van der Waals surface area contributed by atoms with Crippen LogP contribution in [0.25, 0.3) is 0 Å². The van der Waals surface area contributed by atoms with Gasteiger partial charge >= 0.3 is 0 Å². The van der Waals surface area contributed by atoms with E-state index >= 15 is 0 Å². The third-order valence-electron chi connectivity index (χ3n) is 3.94. The number of thiophene rings is 1. The van der Waals surface area contributed by atoms with E-state index in [1.54, 1.807) is 26.2 Å². The van der Waals surface area contributed by atoms with E-state index < -0.39 is 0 Å². The smallest absolute Gasteiger partial charge is 0.225 e. The Morgan fingerprint density at radius 1 is 1.19 bits per heavy atom.